The molecule has 1 saturated heterocycles. The summed E-state index contributed by atoms with van der Waals surface area (Å²) < 4.78 is 24.0. The van der Waals surface area contributed by atoms with E-state index in [4.69, 9.17) is 18.9 Å². The molecular weight excluding hydrogens is 459 g/mol. The number of hydrogen-bond acceptors (Lipinski definition) is 5. The van der Waals surface area contributed by atoms with Gasteiger partial charge in [0.15, 0.2) is 12.4 Å². The van der Waals surface area contributed by atoms with Crippen LogP contribution < -0.4 is 0 Å². The lowest BCUT2D eigenvalue weighted by molar-refractivity contribution is -0.245. The average Bonchev–Trinajstić information content (AvgIpc) is 2.74. The Morgan fingerprint density at radius 1 is 1.11 bits per heavy atom. The lowest BCUT2D eigenvalue weighted by atomic mass is 10.0. The number of carbonyl (C=O) groups is 1. The van der Waals surface area contributed by atoms with Crippen LogP contribution in [0.1, 0.15) is 22.3 Å². The van der Waals surface area contributed by atoms with Crippen molar-refractivity contribution in [2.24, 2.45) is 0 Å². The molecule has 0 aromatic heterocycles. The van der Waals surface area contributed by atoms with Gasteiger partial charge in [0.1, 0.15) is 12.2 Å². The molecule has 4 atom stereocenters. The zero-order valence-electron chi connectivity index (χ0n) is 15.1. The molecular formula is C21H23IO5. The van der Waals surface area contributed by atoms with E-state index in [-0.39, 0.29) is 24.5 Å². The second kappa shape index (κ2) is 10.2. The molecule has 6 heteroatoms. The fraction of sp³-hybridized carbons (Fsp3) is 0.381. The van der Waals surface area contributed by atoms with Crippen molar-refractivity contribution in [1.29, 1.82) is 0 Å². The molecule has 0 N–H and O–H groups in total. The third kappa shape index (κ3) is 5.51. The van der Waals surface area contributed by atoms with E-state index in [0.717, 1.165) is 5.56 Å². The van der Waals surface area contributed by atoms with Gasteiger partial charge in [0.25, 0.3) is 0 Å². The molecule has 1 fully saturated rings. The molecule has 5 nitrogen and oxygen atoms in total. The van der Waals surface area contributed by atoms with E-state index >= 15 is 0 Å². The Kier molecular flexibility index (Phi) is 7.63. The first-order valence-corrected chi connectivity index (χ1v) is 10.4. The van der Waals surface area contributed by atoms with Crippen molar-refractivity contribution < 1.29 is 23.7 Å². The molecule has 2 aromatic rings. The summed E-state index contributed by atoms with van der Waals surface area (Å²) in [4.78, 5) is 12.6. The molecule has 27 heavy (non-hydrogen) atoms. The fourth-order valence-corrected chi connectivity index (χ4v) is 3.73. The Morgan fingerprint density at radius 2 is 1.78 bits per heavy atom. The predicted molar refractivity (Wildman–Crippen MR) is 110 cm³/mol. The maximum atomic E-state index is 12.6. The minimum Gasteiger partial charge on any atom is -0.453 e. The van der Waals surface area contributed by atoms with Gasteiger partial charge >= 0.3 is 5.97 Å². The van der Waals surface area contributed by atoms with Crippen LogP contribution >= 0.6 is 22.6 Å². The van der Waals surface area contributed by atoms with Gasteiger partial charge in [-0.25, -0.2) is 4.79 Å². The van der Waals surface area contributed by atoms with Crippen LogP contribution in [0.25, 0.3) is 0 Å². The zero-order chi connectivity index (χ0) is 19.1. The normalized spacial score (nSPS) is 25.1. The number of ether oxygens (including phenoxy) is 4. The first-order valence-electron chi connectivity index (χ1n) is 8.87. The SMILES string of the molecule is CO[C@@H]1C[C@@H](OCc2ccccc2)[C@H](OC(=O)c2ccccc2)[C@@H](CI)O1. The van der Waals surface area contributed by atoms with Gasteiger partial charge in [-0.05, 0) is 17.7 Å². The summed E-state index contributed by atoms with van der Waals surface area (Å²) in [5.74, 6) is -0.372. The summed E-state index contributed by atoms with van der Waals surface area (Å²) in [6.45, 7) is 0.440. The second-order valence-corrected chi connectivity index (χ2v) is 7.18. The lowest BCUT2D eigenvalue weighted by Crippen LogP contribution is -2.52. The van der Waals surface area contributed by atoms with Crippen molar-refractivity contribution in [2.75, 3.05) is 11.5 Å². The number of rotatable bonds is 7. The Hall–Kier alpha value is -1.48. The smallest absolute Gasteiger partial charge is 0.338 e. The van der Waals surface area contributed by atoms with Gasteiger partial charge in [-0.15, -0.1) is 0 Å². The van der Waals surface area contributed by atoms with Crippen molar-refractivity contribution in [1.82, 2.24) is 0 Å². The highest BCUT2D eigenvalue weighted by atomic mass is 127. The van der Waals surface area contributed by atoms with Crippen LogP contribution in [0.2, 0.25) is 0 Å². The molecule has 0 bridgehead atoms. The third-order valence-electron chi connectivity index (χ3n) is 4.46. The summed E-state index contributed by atoms with van der Waals surface area (Å²) in [5, 5.41) is 0. The molecule has 1 aliphatic heterocycles. The van der Waals surface area contributed by atoms with Crippen LogP contribution in [0.3, 0.4) is 0 Å². The Bertz CT molecular complexity index is 709. The number of methoxy groups -OCH3 is 1. The van der Waals surface area contributed by atoms with E-state index in [1.54, 1.807) is 19.2 Å². The van der Waals surface area contributed by atoms with Gasteiger partial charge in [-0.2, -0.15) is 0 Å². The standard InChI is InChI=1S/C21H23IO5/c1-24-19-12-17(25-14-15-8-4-2-5-9-15)20(18(13-22)26-19)27-21(23)16-10-6-3-7-11-16/h2-11,17-20H,12-14H2,1H3/t17-,18-,19+,20+/m1/s1. The van der Waals surface area contributed by atoms with Crippen molar-refractivity contribution in [3.63, 3.8) is 0 Å². The monoisotopic (exact) mass is 482 g/mol. The van der Waals surface area contributed by atoms with Gasteiger partial charge in [0, 0.05) is 18.0 Å². The Morgan fingerprint density at radius 3 is 2.41 bits per heavy atom. The number of esters is 1. The Balaban J connectivity index is 1.73. The molecule has 3 rings (SSSR count). The molecule has 0 amide bonds. The topological polar surface area (TPSA) is 54.0 Å². The average molecular weight is 482 g/mol. The van der Waals surface area contributed by atoms with E-state index in [2.05, 4.69) is 22.6 Å². The molecule has 0 spiro atoms. The van der Waals surface area contributed by atoms with E-state index in [1.807, 2.05) is 48.5 Å². The van der Waals surface area contributed by atoms with Crippen LogP contribution in [-0.4, -0.2) is 42.1 Å². The van der Waals surface area contributed by atoms with Crippen molar-refractivity contribution in [3.8, 4) is 0 Å². The molecule has 2 aromatic carbocycles. The highest BCUT2D eigenvalue weighted by molar-refractivity contribution is 14.1. The largest absolute Gasteiger partial charge is 0.453 e. The van der Waals surface area contributed by atoms with Crippen LogP contribution in [-0.2, 0) is 25.6 Å². The van der Waals surface area contributed by atoms with E-state index < -0.39 is 6.10 Å². The van der Waals surface area contributed by atoms with Crippen molar-refractivity contribution in [2.45, 2.75) is 37.6 Å². The molecule has 0 saturated carbocycles. The second-order valence-electron chi connectivity index (χ2n) is 6.30. The molecule has 0 unspecified atom stereocenters. The molecule has 0 radical (unpaired) electrons. The summed E-state index contributed by atoms with van der Waals surface area (Å²) in [6.07, 6.45) is -0.973. The Labute approximate surface area is 173 Å². The van der Waals surface area contributed by atoms with Crippen LogP contribution in [0.4, 0.5) is 0 Å². The highest BCUT2D eigenvalue weighted by Gasteiger charge is 2.42. The van der Waals surface area contributed by atoms with Crippen LogP contribution in [0.5, 0.6) is 0 Å². The fourth-order valence-electron chi connectivity index (χ4n) is 3.03. The summed E-state index contributed by atoms with van der Waals surface area (Å²) in [6, 6.07) is 18.9. The number of hydrogen-bond donors (Lipinski definition) is 0. The van der Waals surface area contributed by atoms with Gasteiger partial charge in [0.05, 0.1) is 12.2 Å². The third-order valence-corrected chi connectivity index (χ3v) is 5.33. The molecule has 144 valence electrons. The van der Waals surface area contributed by atoms with Gasteiger partial charge < -0.3 is 18.9 Å². The van der Waals surface area contributed by atoms with Crippen molar-refractivity contribution >= 4 is 28.6 Å². The number of alkyl halides is 1. The molecule has 1 aliphatic rings. The van der Waals surface area contributed by atoms with E-state index in [1.165, 1.54) is 0 Å². The summed E-state index contributed by atoms with van der Waals surface area (Å²) in [5.41, 5.74) is 1.58. The van der Waals surface area contributed by atoms with E-state index in [0.29, 0.717) is 23.0 Å². The quantitative estimate of drug-likeness (QED) is 0.340. The van der Waals surface area contributed by atoms with Crippen LogP contribution in [0.15, 0.2) is 60.7 Å². The summed E-state index contributed by atoms with van der Waals surface area (Å²) in [7, 11) is 1.61. The van der Waals surface area contributed by atoms with Crippen LogP contribution in [0, 0.1) is 0 Å². The molecule has 0 aliphatic carbocycles. The maximum Gasteiger partial charge on any atom is 0.338 e. The highest BCUT2D eigenvalue weighted by Crippen LogP contribution is 2.28. The van der Waals surface area contributed by atoms with Gasteiger partial charge in [-0.3, -0.25) is 0 Å². The minimum atomic E-state index is -0.496. The first kappa shape index (κ1) is 20.3. The number of benzene rings is 2. The first-order chi connectivity index (χ1) is 13.2. The number of carbonyl (C=O) groups excluding carboxylic acids is 1. The maximum absolute atomic E-state index is 12.6. The molecule has 1 heterocycles. The predicted octanol–water partition coefficient (Wildman–Crippen LogP) is 3.99. The minimum absolute atomic E-state index is 0.294. The summed E-state index contributed by atoms with van der Waals surface area (Å²) >= 11 is 2.23. The lowest BCUT2D eigenvalue weighted by Gasteiger charge is -2.40. The zero-order valence-corrected chi connectivity index (χ0v) is 17.3. The number of halogens is 1. The van der Waals surface area contributed by atoms with Gasteiger partial charge in [0.2, 0.25) is 0 Å². The van der Waals surface area contributed by atoms with Crippen molar-refractivity contribution in [3.05, 3.63) is 71.8 Å². The van der Waals surface area contributed by atoms with Gasteiger partial charge in [-0.1, -0.05) is 71.1 Å². The van der Waals surface area contributed by atoms with E-state index in [9.17, 15) is 4.79 Å².